The van der Waals surface area contributed by atoms with Crippen molar-refractivity contribution >= 4 is 5.84 Å². The zero-order valence-corrected chi connectivity index (χ0v) is 25.6. The quantitative estimate of drug-likeness (QED) is 0.333. The standard InChI is InChI=1S/C28H42N6.2C2H6/c1-8-24(34-21(5)11-10-12-22(34)6)19-31-27-17-26(30-18-23-13-15-29-16-14-23)32-28(33(27)7)25(9-2)20(3)4;2*1-2/h8-12,17,20,23,29-30,32H,2,5,13-16,18-19H2,1,3-4,6-7H3;2*1-2H3/b24-8-,28-25+,31-27?;;. The van der Waals surface area contributed by atoms with Gasteiger partial charge in [-0.2, -0.15) is 0 Å². The van der Waals surface area contributed by atoms with Crippen molar-refractivity contribution in [1.82, 2.24) is 25.8 Å². The third-order valence-electron chi connectivity index (χ3n) is 6.65. The van der Waals surface area contributed by atoms with E-state index in [2.05, 4.69) is 91.9 Å². The number of nitrogens with one attached hydrogen (secondary N) is 3. The summed E-state index contributed by atoms with van der Waals surface area (Å²) >= 11 is 0. The van der Waals surface area contributed by atoms with Crippen LogP contribution in [-0.2, 0) is 0 Å². The van der Waals surface area contributed by atoms with Gasteiger partial charge in [0.05, 0.1) is 6.54 Å². The number of nitrogens with zero attached hydrogens (tertiary/aromatic N) is 3. The van der Waals surface area contributed by atoms with Crippen LogP contribution >= 0.6 is 0 Å². The molecule has 0 atom stereocenters. The van der Waals surface area contributed by atoms with Gasteiger partial charge in [0.1, 0.15) is 17.5 Å². The first-order chi connectivity index (χ1) is 18.3. The first-order valence-electron chi connectivity index (χ1n) is 14.4. The summed E-state index contributed by atoms with van der Waals surface area (Å²) in [5.41, 5.74) is 4.39. The van der Waals surface area contributed by atoms with Crippen LogP contribution in [0.1, 0.15) is 68.2 Å². The van der Waals surface area contributed by atoms with Crippen molar-refractivity contribution < 1.29 is 0 Å². The van der Waals surface area contributed by atoms with Gasteiger partial charge >= 0.3 is 0 Å². The van der Waals surface area contributed by atoms with E-state index in [0.29, 0.717) is 18.4 Å². The summed E-state index contributed by atoms with van der Waals surface area (Å²) in [6.07, 6.45) is 14.8. The highest BCUT2D eigenvalue weighted by molar-refractivity contribution is 5.95. The molecule has 0 spiro atoms. The summed E-state index contributed by atoms with van der Waals surface area (Å²) in [6, 6.07) is 0. The van der Waals surface area contributed by atoms with Crippen LogP contribution in [0.25, 0.3) is 0 Å². The average Bonchev–Trinajstić information content (AvgIpc) is 2.94. The summed E-state index contributed by atoms with van der Waals surface area (Å²) in [4.78, 5) is 9.36. The zero-order chi connectivity index (χ0) is 28.7. The van der Waals surface area contributed by atoms with Crippen LogP contribution in [0.2, 0.25) is 0 Å². The monoisotopic (exact) mass is 522 g/mol. The summed E-state index contributed by atoms with van der Waals surface area (Å²) < 4.78 is 0. The SMILES string of the molecule is C=C/C(=C1/NC(NCC2CCNCC2)=CC(=NC/C(=C/C)N2C(=C)C=CC=C2C)N1C)C(C)C.CC.CC. The van der Waals surface area contributed by atoms with Gasteiger partial charge < -0.3 is 25.8 Å². The number of hydrogen-bond donors (Lipinski definition) is 3. The molecule has 3 N–H and O–H groups in total. The van der Waals surface area contributed by atoms with Crippen LogP contribution in [0.3, 0.4) is 0 Å². The fourth-order valence-electron chi connectivity index (χ4n) is 4.58. The van der Waals surface area contributed by atoms with E-state index in [4.69, 9.17) is 4.99 Å². The number of amidine groups is 1. The number of likely N-dealkylation sites (N-methyl/N-ethyl adjacent to an activating group) is 1. The molecule has 0 saturated carbocycles. The van der Waals surface area contributed by atoms with Gasteiger partial charge in [-0.15, -0.1) is 0 Å². The minimum Gasteiger partial charge on any atom is -0.371 e. The molecule has 0 aromatic carbocycles. The molecule has 3 aliphatic heterocycles. The maximum absolute atomic E-state index is 5.06. The Morgan fingerprint density at radius 3 is 2.42 bits per heavy atom. The van der Waals surface area contributed by atoms with Crippen LogP contribution in [-0.4, -0.2) is 48.9 Å². The summed E-state index contributed by atoms with van der Waals surface area (Å²) in [7, 11) is 2.07. The molecule has 0 bridgehead atoms. The van der Waals surface area contributed by atoms with Crippen LogP contribution in [0, 0.1) is 11.8 Å². The van der Waals surface area contributed by atoms with Crippen LogP contribution in [0.4, 0.5) is 0 Å². The topological polar surface area (TPSA) is 54.9 Å². The number of hydrogen-bond acceptors (Lipinski definition) is 5. The van der Waals surface area contributed by atoms with E-state index in [1.165, 1.54) is 18.4 Å². The molecule has 6 heteroatoms. The molecular formula is C32H54N6. The van der Waals surface area contributed by atoms with Crippen molar-refractivity contribution in [2.75, 3.05) is 33.2 Å². The van der Waals surface area contributed by atoms with E-state index < -0.39 is 0 Å². The van der Waals surface area contributed by atoms with Crippen molar-refractivity contribution in [3.8, 4) is 0 Å². The van der Waals surface area contributed by atoms with Crippen LogP contribution < -0.4 is 16.0 Å². The van der Waals surface area contributed by atoms with Gasteiger partial charge in [0.25, 0.3) is 0 Å². The predicted octanol–water partition coefficient (Wildman–Crippen LogP) is 6.65. The molecular weight excluding hydrogens is 468 g/mol. The van der Waals surface area contributed by atoms with Gasteiger partial charge in [0.2, 0.25) is 0 Å². The van der Waals surface area contributed by atoms with Gasteiger partial charge in [0.15, 0.2) is 0 Å². The molecule has 3 heterocycles. The van der Waals surface area contributed by atoms with Crippen molar-refractivity contribution in [3.05, 3.63) is 83.9 Å². The Hall–Kier alpha value is -2.99. The van der Waals surface area contributed by atoms with E-state index in [-0.39, 0.29) is 0 Å². The molecule has 0 aliphatic carbocycles. The third kappa shape index (κ3) is 9.09. The molecule has 38 heavy (non-hydrogen) atoms. The second-order valence-electron chi connectivity index (χ2n) is 9.43. The summed E-state index contributed by atoms with van der Waals surface area (Å²) in [6.45, 7) is 28.6. The smallest absolute Gasteiger partial charge is 0.132 e. The number of aliphatic imine (C=N–C) groups is 1. The summed E-state index contributed by atoms with van der Waals surface area (Å²) in [5.74, 6) is 3.97. The minimum atomic E-state index is 0.342. The number of rotatable bonds is 8. The Labute approximate surface area is 233 Å². The van der Waals surface area contributed by atoms with E-state index in [1.54, 1.807) is 0 Å². The number of allylic oxidation sites excluding steroid dienone is 7. The Kier molecular flexibility index (Phi) is 15.2. The lowest BCUT2D eigenvalue weighted by molar-refractivity contribution is 0.362. The second-order valence-corrected chi connectivity index (χ2v) is 9.43. The van der Waals surface area contributed by atoms with Gasteiger partial charge in [-0.1, -0.05) is 72.9 Å². The van der Waals surface area contributed by atoms with Gasteiger partial charge in [-0.25, -0.2) is 0 Å². The molecule has 3 rings (SSSR count). The minimum absolute atomic E-state index is 0.342. The van der Waals surface area contributed by atoms with E-state index in [9.17, 15) is 0 Å². The van der Waals surface area contributed by atoms with Gasteiger partial charge in [-0.3, -0.25) is 4.99 Å². The van der Waals surface area contributed by atoms with Crippen LogP contribution in [0.15, 0.2) is 88.9 Å². The molecule has 0 aromatic rings. The van der Waals surface area contributed by atoms with Gasteiger partial charge in [-0.05, 0) is 69.3 Å². The Bertz CT molecular complexity index is 954. The highest BCUT2D eigenvalue weighted by Crippen LogP contribution is 2.25. The lowest BCUT2D eigenvalue weighted by Gasteiger charge is -2.34. The van der Waals surface area contributed by atoms with Crippen molar-refractivity contribution in [2.45, 2.75) is 68.2 Å². The molecule has 6 nitrogen and oxygen atoms in total. The lowest BCUT2D eigenvalue weighted by atomic mass is 9.98. The maximum Gasteiger partial charge on any atom is 0.132 e. The van der Waals surface area contributed by atoms with Crippen LogP contribution in [0.5, 0.6) is 0 Å². The first-order valence-corrected chi connectivity index (χ1v) is 14.4. The average molecular weight is 523 g/mol. The molecule has 1 saturated heterocycles. The molecule has 0 unspecified atom stereocenters. The first kappa shape index (κ1) is 33.0. The molecule has 3 aliphatic rings. The van der Waals surface area contributed by atoms with Crippen molar-refractivity contribution in [1.29, 1.82) is 0 Å². The molecule has 0 radical (unpaired) electrons. The molecule has 1 fully saturated rings. The van der Waals surface area contributed by atoms with E-state index in [1.807, 2.05) is 45.9 Å². The lowest BCUT2D eigenvalue weighted by Crippen LogP contribution is -2.44. The predicted molar refractivity (Wildman–Crippen MR) is 167 cm³/mol. The third-order valence-corrected chi connectivity index (χ3v) is 6.65. The molecule has 0 aromatic heterocycles. The van der Waals surface area contributed by atoms with E-state index in [0.717, 1.165) is 54.2 Å². The fourth-order valence-corrected chi connectivity index (χ4v) is 4.58. The number of piperidine rings is 1. The van der Waals surface area contributed by atoms with Crippen molar-refractivity contribution in [2.24, 2.45) is 16.8 Å². The summed E-state index contributed by atoms with van der Waals surface area (Å²) in [5, 5.41) is 10.7. The maximum atomic E-state index is 5.06. The molecule has 212 valence electrons. The Balaban J connectivity index is 0.00000172. The van der Waals surface area contributed by atoms with Gasteiger partial charge in [0, 0.05) is 36.8 Å². The van der Waals surface area contributed by atoms with Crippen molar-refractivity contribution in [3.63, 3.8) is 0 Å². The fraction of sp³-hybridized carbons (Fsp3) is 0.531. The Morgan fingerprint density at radius 2 is 1.87 bits per heavy atom. The second kappa shape index (κ2) is 17.5. The zero-order valence-electron chi connectivity index (χ0n) is 25.6. The largest absolute Gasteiger partial charge is 0.371 e. The molecule has 0 amide bonds. The highest BCUT2D eigenvalue weighted by Gasteiger charge is 2.23. The normalized spacial score (nSPS) is 20.5. The highest BCUT2D eigenvalue weighted by atomic mass is 15.3. The Morgan fingerprint density at radius 1 is 1.21 bits per heavy atom. The van der Waals surface area contributed by atoms with E-state index >= 15 is 0 Å².